The van der Waals surface area contributed by atoms with E-state index in [0.29, 0.717) is 6.54 Å². The lowest BCUT2D eigenvalue weighted by Crippen LogP contribution is -2.31. The Kier molecular flexibility index (Phi) is 5.07. The highest BCUT2D eigenvalue weighted by Crippen LogP contribution is 2.29. The molecule has 112 valence electrons. The minimum atomic E-state index is -3.80. The second-order valence-corrected chi connectivity index (χ2v) is 6.75. The second kappa shape index (κ2) is 6.19. The van der Waals surface area contributed by atoms with Gasteiger partial charge >= 0.3 is 5.69 Å². The van der Waals surface area contributed by atoms with Gasteiger partial charge in [0.15, 0.2) is 5.75 Å². The first-order valence-electron chi connectivity index (χ1n) is 6.13. The SMILES string of the molecule is CCC(C)CN(C)S(=O)(=O)c1ccc(O)c([N+](=O)[O-])c1. The van der Waals surface area contributed by atoms with E-state index >= 15 is 0 Å². The van der Waals surface area contributed by atoms with Gasteiger partial charge in [-0.1, -0.05) is 20.3 Å². The van der Waals surface area contributed by atoms with Gasteiger partial charge in [0, 0.05) is 19.7 Å². The lowest BCUT2D eigenvalue weighted by Gasteiger charge is -2.20. The number of aromatic hydroxyl groups is 1. The maximum Gasteiger partial charge on any atom is 0.312 e. The normalized spacial score (nSPS) is 13.4. The topological polar surface area (TPSA) is 101 Å². The zero-order valence-electron chi connectivity index (χ0n) is 11.6. The smallest absolute Gasteiger partial charge is 0.312 e. The Hall–Kier alpha value is -1.67. The summed E-state index contributed by atoms with van der Waals surface area (Å²) in [5.74, 6) is -0.375. The molecule has 8 heteroatoms. The van der Waals surface area contributed by atoms with Crippen LogP contribution in [0.4, 0.5) is 5.69 Å². The molecule has 1 N–H and O–H groups in total. The maximum absolute atomic E-state index is 12.3. The Morgan fingerprint density at radius 2 is 2.05 bits per heavy atom. The van der Waals surface area contributed by atoms with Crippen LogP contribution in [-0.2, 0) is 10.0 Å². The number of benzene rings is 1. The highest BCUT2D eigenvalue weighted by Gasteiger charge is 2.25. The van der Waals surface area contributed by atoms with Crippen LogP contribution in [0.1, 0.15) is 20.3 Å². The first kappa shape index (κ1) is 16.4. The molecule has 0 saturated heterocycles. The molecule has 1 aromatic rings. The maximum atomic E-state index is 12.3. The highest BCUT2D eigenvalue weighted by atomic mass is 32.2. The van der Waals surface area contributed by atoms with E-state index in [1.165, 1.54) is 7.05 Å². The van der Waals surface area contributed by atoms with Crippen molar-refractivity contribution in [3.8, 4) is 5.75 Å². The molecule has 1 unspecified atom stereocenters. The van der Waals surface area contributed by atoms with E-state index in [9.17, 15) is 23.6 Å². The van der Waals surface area contributed by atoms with Crippen LogP contribution in [0.3, 0.4) is 0 Å². The fourth-order valence-electron chi connectivity index (χ4n) is 1.66. The summed E-state index contributed by atoms with van der Waals surface area (Å²) in [5, 5.41) is 20.1. The molecule has 0 aliphatic heterocycles. The van der Waals surface area contributed by atoms with Crippen molar-refractivity contribution in [1.29, 1.82) is 0 Å². The molecule has 1 rings (SSSR count). The van der Waals surface area contributed by atoms with Crippen molar-refractivity contribution in [2.75, 3.05) is 13.6 Å². The van der Waals surface area contributed by atoms with Crippen LogP contribution in [0.5, 0.6) is 5.75 Å². The van der Waals surface area contributed by atoms with Crippen LogP contribution in [-0.4, -0.2) is 36.3 Å². The molecule has 0 spiro atoms. The summed E-state index contributed by atoms with van der Waals surface area (Å²) in [5.41, 5.74) is -0.622. The number of nitro benzene ring substituents is 1. The van der Waals surface area contributed by atoms with Crippen molar-refractivity contribution in [3.63, 3.8) is 0 Å². The Labute approximate surface area is 118 Å². The van der Waals surface area contributed by atoms with E-state index < -0.39 is 26.4 Å². The predicted octanol–water partition coefficient (Wildman–Crippen LogP) is 1.97. The van der Waals surface area contributed by atoms with Crippen molar-refractivity contribution in [3.05, 3.63) is 28.3 Å². The van der Waals surface area contributed by atoms with Crippen LogP contribution >= 0.6 is 0 Å². The zero-order valence-corrected chi connectivity index (χ0v) is 12.4. The van der Waals surface area contributed by atoms with Crippen molar-refractivity contribution in [1.82, 2.24) is 4.31 Å². The Bertz CT molecular complexity index is 600. The third-order valence-corrected chi connectivity index (χ3v) is 4.94. The summed E-state index contributed by atoms with van der Waals surface area (Å²) in [6.07, 6.45) is 0.829. The molecule has 20 heavy (non-hydrogen) atoms. The lowest BCUT2D eigenvalue weighted by molar-refractivity contribution is -0.386. The van der Waals surface area contributed by atoms with Crippen molar-refractivity contribution in [2.24, 2.45) is 5.92 Å². The molecule has 0 aliphatic carbocycles. The summed E-state index contributed by atoms with van der Waals surface area (Å²) in [6, 6.07) is 3.05. The molecule has 0 bridgehead atoms. The predicted molar refractivity (Wildman–Crippen MR) is 74.0 cm³/mol. The van der Waals surface area contributed by atoms with Gasteiger partial charge in [0.25, 0.3) is 0 Å². The van der Waals surface area contributed by atoms with E-state index in [-0.39, 0.29) is 10.8 Å². The molecule has 1 aromatic carbocycles. The van der Waals surface area contributed by atoms with Crippen LogP contribution < -0.4 is 0 Å². The molecule has 0 heterocycles. The molecule has 0 aromatic heterocycles. The van der Waals surface area contributed by atoms with E-state index in [1.807, 2.05) is 13.8 Å². The summed E-state index contributed by atoms with van der Waals surface area (Å²) in [4.78, 5) is 9.71. The lowest BCUT2D eigenvalue weighted by atomic mass is 10.1. The molecular weight excluding hydrogens is 284 g/mol. The van der Waals surface area contributed by atoms with Gasteiger partial charge in [0.1, 0.15) is 0 Å². The van der Waals surface area contributed by atoms with Gasteiger partial charge < -0.3 is 5.11 Å². The van der Waals surface area contributed by atoms with Crippen molar-refractivity contribution < 1.29 is 18.4 Å². The third-order valence-electron chi connectivity index (χ3n) is 3.12. The number of hydrogen-bond donors (Lipinski definition) is 1. The third kappa shape index (κ3) is 3.45. The molecule has 0 saturated carbocycles. The molecule has 0 amide bonds. The van der Waals surface area contributed by atoms with E-state index in [0.717, 1.165) is 28.9 Å². The first-order valence-corrected chi connectivity index (χ1v) is 7.57. The largest absolute Gasteiger partial charge is 0.502 e. The van der Waals surface area contributed by atoms with Gasteiger partial charge in [-0.05, 0) is 18.1 Å². The monoisotopic (exact) mass is 302 g/mol. The van der Waals surface area contributed by atoms with Crippen LogP contribution in [0.15, 0.2) is 23.1 Å². The van der Waals surface area contributed by atoms with Gasteiger partial charge in [-0.15, -0.1) is 0 Å². The fourth-order valence-corrected chi connectivity index (χ4v) is 2.97. The minimum absolute atomic E-state index is 0.182. The van der Waals surface area contributed by atoms with Crippen LogP contribution in [0.2, 0.25) is 0 Å². The van der Waals surface area contributed by atoms with Gasteiger partial charge in [0.05, 0.1) is 9.82 Å². The Morgan fingerprint density at radius 1 is 1.45 bits per heavy atom. The van der Waals surface area contributed by atoms with Gasteiger partial charge in [0.2, 0.25) is 10.0 Å². The highest BCUT2D eigenvalue weighted by molar-refractivity contribution is 7.89. The number of sulfonamides is 1. The minimum Gasteiger partial charge on any atom is -0.502 e. The molecule has 0 fully saturated rings. The summed E-state index contributed by atoms with van der Waals surface area (Å²) < 4.78 is 25.7. The molecule has 7 nitrogen and oxygen atoms in total. The first-order chi connectivity index (χ1) is 9.20. The fraction of sp³-hybridized carbons (Fsp3) is 0.500. The van der Waals surface area contributed by atoms with Crippen LogP contribution in [0, 0.1) is 16.0 Å². The second-order valence-electron chi connectivity index (χ2n) is 4.71. The summed E-state index contributed by atoms with van der Waals surface area (Å²) in [6.45, 7) is 4.20. The molecular formula is C12H18N2O5S. The number of rotatable bonds is 6. The quantitative estimate of drug-likeness (QED) is 0.639. The average molecular weight is 302 g/mol. The molecule has 1 atom stereocenters. The summed E-state index contributed by atoms with van der Waals surface area (Å²) >= 11 is 0. The number of hydrogen-bond acceptors (Lipinski definition) is 5. The Morgan fingerprint density at radius 3 is 2.55 bits per heavy atom. The van der Waals surface area contributed by atoms with Crippen LogP contribution in [0.25, 0.3) is 0 Å². The number of nitrogens with zero attached hydrogens (tertiary/aromatic N) is 2. The van der Waals surface area contributed by atoms with E-state index in [2.05, 4.69) is 0 Å². The molecule has 0 aliphatic rings. The summed E-state index contributed by atoms with van der Waals surface area (Å²) in [7, 11) is -2.37. The average Bonchev–Trinajstić information content (AvgIpc) is 2.38. The zero-order chi connectivity index (χ0) is 15.5. The van der Waals surface area contributed by atoms with E-state index in [1.54, 1.807) is 0 Å². The van der Waals surface area contributed by atoms with Gasteiger partial charge in [-0.2, -0.15) is 0 Å². The van der Waals surface area contributed by atoms with Crippen molar-refractivity contribution in [2.45, 2.75) is 25.2 Å². The van der Waals surface area contributed by atoms with Gasteiger partial charge in [-0.3, -0.25) is 10.1 Å². The number of phenols is 1. The number of nitro groups is 1. The van der Waals surface area contributed by atoms with E-state index in [4.69, 9.17) is 0 Å². The standard InChI is InChI=1S/C12H18N2O5S/c1-4-9(2)8-13(3)20(18,19)10-5-6-12(15)11(7-10)14(16)17/h5-7,9,15H,4,8H2,1-3H3. The van der Waals surface area contributed by atoms with Gasteiger partial charge in [-0.25, -0.2) is 12.7 Å². The Balaban J connectivity index is 3.16. The van der Waals surface area contributed by atoms with Crippen molar-refractivity contribution >= 4 is 15.7 Å². The molecule has 0 radical (unpaired) electrons. The number of phenolic OH excluding ortho intramolecular Hbond substituents is 1.